The molecule has 0 radical (unpaired) electrons. The van der Waals surface area contributed by atoms with Gasteiger partial charge in [-0.25, -0.2) is 0 Å². The number of benzene rings is 1. The number of rotatable bonds is 7. The molecule has 0 fully saturated rings. The SMILES string of the molecule is C=C(C)CN(CC)CC(=O)Nc1ccc(OC(F)(F)F)cc1. The molecule has 1 aromatic rings. The molecule has 0 saturated carbocycles. The van der Waals surface area contributed by atoms with Crippen LogP contribution in [-0.4, -0.2) is 36.8 Å². The van der Waals surface area contributed by atoms with Gasteiger partial charge in [0.05, 0.1) is 6.54 Å². The number of nitrogens with zero attached hydrogens (tertiary/aromatic N) is 1. The van der Waals surface area contributed by atoms with Gasteiger partial charge in [0.15, 0.2) is 0 Å². The third kappa shape index (κ3) is 7.12. The predicted molar refractivity (Wildman–Crippen MR) is 78.7 cm³/mol. The fourth-order valence-corrected chi connectivity index (χ4v) is 1.80. The van der Waals surface area contributed by atoms with Gasteiger partial charge >= 0.3 is 6.36 Å². The monoisotopic (exact) mass is 316 g/mol. The van der Waals surface area contributed by atoms with Gasteiger partial charge in [0.2, 0.25) is 5.91 Å². The minimum absolute atomic E-state index is 0.185. The number of ether oxygens (including phenoxy) is 1. The van der Waals surface area contributed by atoms with E-state index in [-0.39, 0.29) is 18.2 Å². The molecule has 4 nitrogen and oxygen atoms in total. The number of carbonyl (C=O) groups is 1. The Labute approximate surface area is 127 Å². The van der Waals surface area contributed by atoms with Crippen molar-refractivity contribution in [1.29, 1.82) is 0 Å². The highest BCUT2D eigenvalue weighted by molar-refractivity contribution is 5.92. The largest absolute Gasteiger partial charge is 0.573 e. The number of halogens is 3. The molecule has 0 aliphatic rings. The molecule has 1 rings (SSSR count). The molecule has 0 bridgehead atoms. The van der Waals surface area contributed by atoms with Gasteiger partial charge in [-0.3, -0.25) is 9.69 Å². The van der Waals surface area contributed by atoms with E-state index in [0.717, 1.165) is 17.7 Å². The van der Waals surface area contributed by atoms with E-state index >= 15 is 0 Å². The van der Waals surface area contributed by atoms with Gasteiger partial charge in [0.25, 0.3) is 0 Å². The number of amides is 1. The topological polar surface area (TPSA) is 41.6 Å². The zero-order valence-electron chi connectivity index (χ0n) is 12.5. The van der Waals surface area contributed by atoms with Crippen LogP contribution in [0.25, 0.3) is 0 Å². The first-order chi connectivity index (χ1) is 10.2. The molecular weight excluding hydrogens is 297 g/mol. The summed E-state index contributed by atoms with van der Waals surface area (Å²) >= 11 is 0. The van der Waals surface area contributed by atoms with Gasteiger partial charge in [-0.05, 0) is 37.7 Å². The zero-order chi connectivity index (χ0) is 16.8. The average molecular weight is 316 g/mol. The average Bonchev–Trinajstić information content (AvgIpc) is 2.38. The number of likely N-dealkylation sites (N-methyl/N-ethyl adjacent to an activating group) is 1. The van der Waals surface area contributed by atoms with Crippen molar-refractivity contribution in [1.82, 2.24) is 4.90 Å². The molecule has 0 aliphatic heterocycles. The van der Waals surface area contributed by atoms with E-state index in [0.29, 0.717) is 18.8 Å². The zero-order valence-corrected chi connectivity index (χ0v) is 12.5. The van der Waals surface area contributed by atoms with E-state index in [1.807, 2.05) is 18.7 Å². The lowest BCUT2D eigenvalue weighted by atomic mass is 10.3. The number of anilines is 1. The summed E-state index contributed by atoms with van der Waals surface area (Å²) in [6, 6.07) is 5.01. The van der Waals surface area contributed by atoms with E-state index in [1.54, 1.807) is 0 Å². The van der Waals surface area contributed by atoms with Gasteiger partial charge in [-0.15, -0.1) is 13.2 Å². The Morgan fingerprint density at radius 3 is 2.32 bits per heavy atom. The molecule has 0 heterocycles. The minimum Gasteiger partial charge on any atom is -0.406 e. The van der Waals surface area contributed by atoms with Crippen LogP contribution in [-0.2, 0) is 4.79 Å². The van der Waals surface area contributed by atoms with Crippen molar-refractivity contribution < 1.29 is 22.7 Å². The van der Waals surface area contributed by atoms with Gasteiger partial charge in [0, 0.05) is 12.2 Å². The van der Waals surface area contributed by atoms with Gasteiger partial charge in [-0.1, -0.05) is 19.1 Å². The molecule has 0 aliphatic carbocycles. The quantitative estimate of drug-likeness (QED) is 0.784. The molecule has 0 atom stereocenters. The van der Waals surface area contributed by atoms with Crippen LogP contribution in [0.5, 0.6) is 5.75 Å². The fraction of sp³-hybridized carbons (Fsp3) is 0.400. The second-order valence-corrected chi connectivity index (χ2v) is 4.88. The van der Waals surface area contributed by atoms with Crippen molar-refractivity contribution in [2.24, 2.45) is 0 Å². The van der Waals surface area contributed by atoms with E-state index in [4.69, 9.17) is 0 Å². The second kappa shape index (κ2) is 7.84. The Bertz CT molecular complexity index is 513. The maximum absolute atomic E-state index is 12.0. The fourth-order valence-electron chi connectivity index (χ4n) is 1.80. The summed E-state index contributed by atoms with van der Waals surface area (Å²) < 4.78 is 39.9. The normalized spacial score (nSPS) is 11.4. The van der Waals surface area contributed by atoms with Crippen molar-refractivity contribution in [2.75, 3.05) is 25.0 Å². The standard InChI is InChI=1S/C15H19F3N2O2/c1-4-20(9-11(2)3)10-14(21)19-12-5-7-13(8-6-12)22-15(16,17)18/h5-8H,2,4,9-10H2,1,3H3,(H,19,21). The van der Waals surface area contributed by atoms with Crippen LogP contribution in [0.2, 0.25) is 0 Å². The molecule has 1 amide bonds. The highest BCUT2D eigenvalue weighted by Crippen LogP contribution is 2.23. The predicted octanol–water partition coefficient (Wildman–Crippen LogP) is 3.42. The molecule has 1 aromatic carbocycles. The second-order valence-electron chi connectivity index (χ2n) is 4.88. The molecule has 0 spiro atoms. The van der Waals surface area contributed by atoms with E-state index in [2.05, 4.69) is 16.6 Å². The Morgan fingerprint density at radius 1 is 1.27 bits per heavy atom. The lowest BCUT2D eigenvalue weighted by molar-refractivity contribution is -0.274. The van der Waals surface area contributed by atoms with E-state index in [1.165, 1.54) is 12.1 Å². The third-order valence-electron chi connectivity index (χ3n) is 2.68. The molecule has 22 heavy (non-hydrogen) atoms. The number of nitrogens with one attached hydrogen (secondary N) is 1. The van der Waals surface area contributed by atoms with Crippen molar-refractivity contribution >= 4 is 11.6 Å². The maximum atomic E-state index is 12.0. The van der Waals surface area contributed by atoms with Gasteiger partial charge in [-0.2, -0.15) is 0 Å². The van der Waals surface area contributed by atoms with Crippen LogP contribution in [0.3, 0.4) is 0 Å². The van der Waals surface area contributed by atoms with Crippen LogP contribution in [0.4, 0.5) is 18.9 Å². The maximum Gasteiger partial charge on any atom is 0.573 e. The molecular formula is C15H19F3N2O2. The number of alkyl halides is 3. The Balaban J connectivity index is 2.55. The van der Waals surface area contributed by atoms with Gasteiger partial charge in [0.1, 0.15) is 5.75 Å². The van der Waals surface area contributed by atoms with Crippen molar-refractivity contribution in [3.8, 4) is 5.75 Å². The number of carbonyl (C=O) groups excluding carboxylic acids is 1. The summed E-state index contributed by atoms with van der Waals surface area (Å²) in [5.41, 5.74) is 1.36. The number of hydrogen-bond acceptors (Lipinski definition) is 3. The summed E-state index contributed by atoms with van der Waals surface area (Å²) in [6.07, 6.45) is -4.73. The Morgan fingerprint density at radius 2 is 1.86 bits per heavy atom. The van der Waals surface area contributed by atoms with Crippen LogP contribution >= 0.6 is 0 Å². The lowest BCUT2D eigenvalue weighted by Crippen LogP contribution is -2.34. The molecule has 122 valence electrons. The molecule has 0 saturated heterocycles. The van der Waals surface area contributed by atoms with Crippen molar-refractivity contribution in [3.05, 3.63) is 36.4 Å². The molecule has 0 aromatic heterocycles. The van der Waals surface area contributed by atoms with Crippen molar-refractivity contribution in [2.45, 2.75) is 20.2 Å². The van der Waals surface area contributed by atoms with E-state index in [9.17, 15) is 18.0 Å². The summed E-state index contributed by atoms with van der Waals surface area (Å²) in [5, 5.41) is 2.62. The van der Waals surface area contributed by atoms with E-state index < -0.39 is 6.36 Å². The minimum atomic E-state index is -4.73. The van der Waals surface area contributed by atoms with Crippen molar-refractivity contribution in [3.63, 3.8) is 0 Å². The number of hydrogen-bond donors (Lipinski definition) is 1. The lowest BCUT2D eigenvalue weighted by Gasteiger charge is -2.19. The van der Waals surface area contributed by atoms with Gasteiger partial charge < -0.3 is 10.1 Å². The molecule has 1 N–H and O–H groups in total. The Kier molecular flexibility index (Phi) is 6.42. The molecule has 7 heteroatoms. The third-order valence-corrected chi connectivity index (χ3v) is 2.68. The van der Waals surface area contributed by atoms with Crippen LogP contribution < -0.4 is 10.1 Å². The van der Waals surface area contributed by atoms with Crippen LogP contribution in [0.15, 0.2) is 36.4 Å². The smallest absolute Gasteiger partial charge is 0.406 e. The summed E-state index contributed by atoms with van der Waals surface area (Å²) in [7, 11) is 0. The van der Waals surface area contributed by atoms with Crippen LogP contribution in [0.1, 0.15) is 13.8 Å². The summed E-state index contributed by atoms with van der Waals surface area (Å²) in [6.45, 7) is 9.09. The first-order valence-electron chi connectivity index (χ1n) is 6.72. The molecule has 0 unspecified atom stereocenters. The highest BCUT2D eigenvalue weighted by atomic mass is 19.4. The first kappa shape index (κ1) is 18.0. The van der Waals surface area contributed by atoms with Crippen LogP contribution in [0, 0.1) is 0 Å². The summed E-state index contributed by atoms with van der Waals surface area (Å²) in [5.74, 6) is -0.574. The Hall–Kier alpha value is -2.02. The summed E-state index contributed by atoms with van der Waals surface area (Å²) in [4.78, 5) is 13.8. The highest BCUT2D eigenvalue weighted by Gasteiger charge is 2.30. The first-order valence-corrected chi connectivity index (χ1v) is 6.72.